The maximum absolute atomic E-state index is 10.6. The summed E-state index contributed by atoms with van der Waals surface area (Å²) in [6, 6.07) is 0. The van der Waals surface area contributed by atoms with Crippen molar-refractivity contribution in [1.29, 1.82) is 0 Å². The van der Waals surface area contributed by atoms with Crippen molar-refractivity contribution in [3.63, 3.8) is 0 Å². The molecule has 1 aliphatic rings. The average molecular weight is 183 g/mol. The molecule has 0 bridgehead atoms. The summed E-state index contributed by atoms with van der Waals surface area (Å²) in [5.74, 6) is 0.170. The summed E-state index contributed by atoms with van der Waals surface area (Å²) < 4.78 is 0. The molecule has 74 valence electrons. The Balaban J connectivity index is 2.72. The Hall–Kier alpha value is -0.700. The number of allylic oxidation sites excluding steroid dienone is 1. The minimum Gasteiger partial charge on any atom is -0.389 e. The lowest BCUT2D eigenvalue weighted by molar-refractivity contribution is 0.139. The lowest BCUT2D eigenvalue weighted by Crippen LogP contribution is -2.34. The van der Waals surface area contributed by atoms with E-state index in [1.807, 2.05) is 26.8 Å². The molecular weight excluding hydrogens is 166 g/mol. The van der Waals surface area contributed by atoms with Crippen molar-refractivity contribution in [2.24, 2.45) is 11.1 Å². The van der Waals surface area contributed by atoms with E-state index in [-0.39, 0.29) is 12.0 Å². The third-order valence-electron chi connectivity index (χ3n) is 2.99. The first kappa shape index (κ1) is 10.4. The third kappa shape index (κ3) is 2.15. The van der Waals surface area contributed by atoms with Crippen LogP contribution in [0.5, 0.6) is 0 Å². The predicted octanol–water partition coefficient (Wildman–Crippen LogP) is 2.25. The van der Waals surface area contributed by atoms with Gasteiger partial charge in [0, 0.05) is 0 Å². The van der Waals surface area contributed by atoms with E-state index in [0.717, 1.165) is 12.0 Å². The molecule has 0 radical (unpaired) electrons. The minimum absolute atomic E-state index is 0.170. The molecule has 1 aliphatic carbocycles. The highest BCUT2D eigenvalue weighted by Crippen LogP contribution is 2.33. The van der Waals surface area contributed by atoms with Crippen LogP contribution in [0.1, 0.15) is 33.6 Å². The smallest absolute Gasteiger partial charge is 0.100 e. The number of nitroso groups, excluding NO2 is 1. The van der Waals surface area contributed by atoms with Crippen LogP contribution in [0.15, 0.2) is 16.8 Å². The van der Waals surface area contributed by atoms with E-state index in [4.69, 9.17) is 0 Å². The standard InChI is InChI=1S/C10H17NO2/c1-7-4-5-8(6-9(7)12)10(2,3)11-13/h4,8-9,12H,5-6H2,1-3H3. The molecule has 0 aromatic heterocycles. The lowest BCUT2D eigenvalue weighted by atomic mass is 9.77. The lowest BCUT2D eigenvalue weighted by Gasteiger charge is -2.32. The van der Waals surface area contributed by atoms with E-state index >= 15 is 0 Å². The van der Waals surface area contributed by atoms with E-state index in [1.54, 1.807) is 0 Å². The fourth-order valence-electron chi connectivity index (χ4n) is 1.67. The number of rotatable bonds is 2. The second kappa shape index (κ2) is 3.58. The van der Waals surface area contributed by atoms with Gasteiger partial charge in [-0.3, -0.25) is 0 Å². The summed E-state index contributed by atoms with van der Waals surface area (Å²) >= 11 is 0. The molecule has 13 heavy (non-hydrogen) atoms. The Bertz CT molecular complexity index is 233. The van der Waals surface area contributed by atoms with E-state index in [0.29, 0.717) is 6.42 Å². The molecule has 0 heterocycles. The molecule has 0 spiro atoms. The first-order chi connectivity index (χ1) is 5.97. The Kier molecular flexibility index (Phi) is 2.86. The summed E-state index contributed by atoms with van der Waals surface area (Å²) in [6.45, 7) is 5.57. The number of hydrogen-bond acceptors (Lipinski definition) is 3. The van der Waals surface area contributed by atoms with Crippen LogP contribution in [-0.4, -0.2) is 16.7 Å². The van der Waals surface area contributed by atoms with Gasteiger partial charge < -0.3 is 5.11 Å². The molecule has 1 rings (SSSR count). The van der Waals surface area contributed by atoms with Crippen LogP contribution in [0.4, 0.5) is 0 Å². The van der Waals surface area contributed by atoms with Gasteiger partial charge in [-0.2, -0.15) is 4.91 Å². The zero-order chi connectivity index (χ0) is 10.1. The van der Waals surface area contributed by atoms with Crippen molar-refractivity contribution in [3.05, 3.63) is 16.6 Å². The second-order valence-electron chi connectivity index (χ2n) is 4.38. The monoisotopic (exact) mass is 183 g/mol. The van der Waals surface area contributed by atoms with Gasteiger partial charge in [0.15, 0.2) is 0 Å². The molecule has 0 fully saturated rings. The highest BCUT2D eigenvalue weighted by atomic mass is 16.3. The molecular formula is C10H17NO2. The average Bonchev–Trinajstić information content (AvgIpc) is 2.09. The third-order valence-corrected chi connectivity index (χ3v) is 2.99. The summed E-state index contributed by atoms with van der Waals surface area (Å²) in [7, 11) is 0. The predicted molar refractivity (Wildman–Crippen MR) is 52.4 cm³/mol. The normalized spacial score (nSPS) is 29.7. The molecule has 3 nitrogen and oxygen atoms in total. The van der Waals surface area contributed by atoms with Crippen molar-refractivity contribution >= 4 is 0 Å². The van der Waals surface area contributed by atoms with Gasteiger partial charge in [-0.05, 0) is 45.1 Å². The number of hydrogen-bond donors (Lipinski definition) is 1. The van der Waals surface area contributed by atoms with Crippen molar-refractivity contribution in [3.8, 4) is 0 Å². The Labute approximate surface area is 78.8 Å². The van der Waals surface area contributed by atoms with Crippen LogP contribution in [0.2, 0.25) is 0 Å². The molecule has 0 saturated carbocycles. The van der Waals surface area contributed by atoms with Crippen molar-refractivity contribution in [2.45, 2.75) is 45.3 Å². The minimum atomic E-state index is -0.557. The van der Waals surface area contributed by atoms with Crippen LogP contribution < -0.4 is 0 Å². The maximum Gasteiger partial charge on any atom is 0.100 e. The van der Waals surface area contributed by atoms with E-state index in [2.05, 4.69) is 5.18 Å². The summed E-state index contributed by atoms with van der Waals surface area (Å²) in [6.07, 6.45) is 3.12. The van der Waals surface area contributed by atoms with Crippen LogP contribution in [0.3, 0.4) is 0 Å². The molecule has 0 aromatic rings. The van der Waals surface area contributed by atoms with Crippen LogP contribution >= 0.6 is 0 Å². The fraction of sp³-hybridized carbons (Fsp3) is 0.800. The van der Waals surface area contributed by atoms with Crippen molar-refractivity contribution in [2.75, 3.05) is 0 Å². The Morgan fingerprint density at radius 3 is 2.69 bits per heavy atom. The number of nitrogens with zero attached hydrogens (tertiary/aromatic N) is 1. The molecule has 0 saturated heterocycles. The van der Waals surface area contributed by atoms with Crippen LogP contribution in [0, 0.1) is 10.8 Å². The highest BCUT2D eigenvalue weighted by Gasteiger charge is 2.34. The largest absolute Gasteiger partial charge is 0.389 e. The first-order valence-corrected chi connectivity index (χ1v) is 4.66. The van der Waals surface area contributed by atoms with Gasteiger partial charge in [0.05, 0.1) is 6.10 Å². The highest BCUT2D eigenvalue weighted by molar-refractivity contribution is 5.11. The van der Waals surface area contributed by atoms with Crippen molar-refractivity contribution < 1.29 is 5.11 Å². The topological polar surface area (TPSA) is 49.7 Å². The molecule has 0 amide bonds. The molecule has 0 aliphatic heterocycles. The summed E-state index contributed by atoms with van der Waals surface area (Å²) in [5, 5.41) is 12.7. The quantitative estimate of drug-likeness (QED) is 0.527. The van der Waals surface area contributed by atoms with Gasteiger partial charge in [0.1, 0.15) is 5.54 Å². The van der Waals surface area contributed by atoms with Gasteiger partial charge in [-0.25, -0.2) is 0 Å². The zero-order valence-electron chi connectivity index (χ0n) is 8.45. The Morgan fingerprint density at radius 2 is 2.23 bits per heavy atom. The zero-order valence-corrected chi connectivity index (χ0v) is 8.45. The molecule has 2 unspecified atom stereocenters. The van der Waals surface area contributed by atoms with E-state index < -0.39 is 5.54 Å². The molecule has 3 heteroatoms. The van der Waals surface area contributed by atoms with Gasteiger partial charge >= 0.3 is 0 Å². The van der Waals surface area contributed by atoms with Crippen LogP contribution in [-0.2, 0) is 0 Å². The first-order valence-electron chi connectivity index (χ1n) is 4.66. The summed E-state index contributed by atoms with van der Waals surface area (Å²) in [4.78, 5) is 10.6. The van der Waals surface area contributed by atoms with Gasteiger partial charge in [0.2, 0.25) is 0 Å². The SMILES string of the molecule is CC1=CCC(C(C)(C)N=O)CC1O. The van der Waals surface area contributed by atoms with Gasteiger partial charge in [-0.15, -0.1) is 0 Å². The van der Waals surface area contributed by atoms with Crippen LogP contribution in [0.25, 0.3) is 0 Å². The van der Waals surface area contributed by atoms with E-state index in [9.17, 15) is 10.0 Å². The molecule has 0 aromatic carbocycles. The molecule has 1 N–H and O–H groups in total. The Morgan fingerprint density at radius 1 is 1.62 bits per heavy atom. The van der Waals surface area contributed by atoms with E-state index in [1.165, 1.54) is 0 Å². The fourth-order valence-corrected chi connectivity index (χ4v) is 1.67. The number of aliphatic hydroxyl groups excluding tert-OH is 1. The number of aliphatic hydroxyl groups is 1. The second-order valence-corrected chi connectivity index (χ2v) is 4.38. The molecule has 2 atom stereocenters. The van der Waals surface area contributed by atoms with Gasteiger partial charge in [0.25, 0.3) is 0 Å². The summed E-state index contributed by atoms with van der Waals surface area (Å²) in [5.41, 5.74) is 0.455. The maximum atomic E-state index is 10.6. The van der Waals surface area contributed by atoms with Gasteiger partial charge in [-0.1, -0.05) is 11.3 Å². The van der Waals surface area contributed by atoms with Crippen molar-refractivity contribution in [1.82, 2.24) is 0 Å².